The van der Waals surface area contributed by atoms with Crippen molar-refractivity contribution in [2.75, 3.05) is 17.3 Å². The van der Waals surface area contributed by atoms with Crippen LogP contribution in [0.5, 0.6) is 0 Å². The van der Waals surface area contributed by atoms with E-state index in [-0.39, 0.29) is 0 Å². The van der Waals surface area contributed by atoms with Gasteiger partial charge in [-0.25, -0.2) is 9.97 Å². The highest BCUT2D eigenvalue weighted by atomic mass is 15.2. The summed E-state index contributed by atoms with van der Waals surface area (Å²) in [5.41, 5.74) is 7.48. The van der Waals surface area contributed by atoms with E-state index >= 15 is 0 Å². The van der Waals surface area contributed by atoms with Gasteiger partial charge >= 0.3 is 0 Å². The molecule has 1 N–H and O–H groups in total. The summed E-state index contributed by atoms with van der Waals surface area (Å²) in [7, 11) is 1.99. The van der Waals surface area contributed by atoms with Gasteiger partial charge < -0.3 is 10.2 Å². The van der Waals surface area contributed by atoms with E-state index in [4.69, 9.17) is 20.5 Å². The molecule has 0 aliphatic heterocycles. The maximum Gasteiger partial charge on any atom is 0.230 e. The number of nitriles is 2. The van der Waals surface area contributed by atoms with Crippen LogP contribution in [0.2, 0.25) is 0 Å². The number of nitrogens with one attached hydrogen (secondary N) is 1. The SMILES string of the molecule is Cc1cc(/C=C/C#N)cc(C)c1-c1cccc2c(N(C)c3ccccc3)nc(Nc3ccc(C#N)cn3)nc12. The molecule has 5 aromatic rings. The maximum absolute atomic E-state index is 9.13. The molecule has 0 radical (unpaired) electrons. The zero-order chi connectivity index (χ0) is 27.4. The van der Waals surface area contributed by atoms with Crippen molar-refractivity contribution in [3.05, 3.63) is 107 Å². The molecule has 0 saturated heterocycles. The number of benzene rings is 3. The monoisotopic (exact) mass is 507 g/mol. The minimum absolute atomic E-state index is 0.397. The predicted molar refractivity (Wildman–Crippen MR) is 156 cm³/mol. The van der Waals surface area contributed by atoms with Crippen LogP contribution in [0.1, 0.15) is 22.3 Å². The lowest BCUT2D eigenvalue weighted by Crippen LogP contribution is -2.13. The van der Waals surface area contributed by atoms with Crippen LogP contribution < -0.4 is 10.2 Å². The Balaban J connectivity index is 1.72. The molecule has 0 fully saturated rings. The van der Waals surface area contributed by atoms with Crippen molar-refractivity contribution in [3.8, 4) is 23.3 Å². The first-order valence-corrected chi connectivity index (χ1v) is 12.4. The maximum atomic E-state index is 9.13. The summed E-state index contributed by atoms with van der Waals surface area (Å²) in [6.45, 7) is 4.14. The predicted octanol–water partition coefficient (Wildman–Crippen LogP) is 7.23. The van der Waals surface area contributed by atoms with Crippen LogP contribution in [0.3, 0.4) is 0 Å². The molecule has 0 amide bonds. The molecule has 0 unspecified atom stereocenters. The lowest BCUT2D eigenvalue weighted by Gasteiger charge is -2.22. The number of aryl methyl sites for hydroxylation is 2. The summed E-state index contributed by atoms with van der Waals surface area (Å²) in [5.74, 6) is 1.68. The summed E-state index contributed by atoms with van der Waals surface area (Å²) >= 11 is 0. The van der Waals surface area contributed by atoms with Gasteiger partial charge in [0.05, 0.1) is 17.1 Å². The van der Waals surface area contributed by atoms with Gasteiger partial charge in [0, 0.05) is 36.0 Å². The minimum Gasteiger partial charge on any atom is -0.329 e. The van der Waals surface area contributed by atoms with Crippen LogP contribution in [0.15, 0.2) is 85.1 Å². The first-order chi connectivity index (χ1) is 19.0. The Morgan fingerprint density at radius 1 is 0.897 bits per heavy atom. The van der Waals surface area contributed by atoms with Gasteiger partial charge in [-0.05, 0) is 72.5 Å². The number of rotatable bonds is 6. The molecule has 7 heteroatoms. The molecule has 0 spiro atoms. The Morgan fingerprint density at radius 2 is 1.67 bits per heavy atom. The molecular weight excluding hydrogens is 482 g/mol. The van der Waals surface area contributed by atoms with Crippen LogP contribution in [-0.2, 0) is 0 Å². The van der Waals surface area contributed by atoms with Gasteiger partial charge in [-0.1, -0.05) is 42.5 Å². The summed E-state index contributed by atoms with van der Waals surface area (Å²) in [4.78, 5) is 16.3. The molecule has 0 aliphatic rings. The highest BCUT2D eigenvalue weighted by molar-refractivity contribution is 6.02. The molecule has 5 rings (SSSR count). The summed E-state index contributed by atoms with van der Waals surface area (Å²) in [5, 5.41) is 22.2. The van der Waals surface area contributed by atoms with Crippen molar-refractivity contribution in [1.29, 1.82) is 10.5 Å². The van der Waals surface area contributed by atoms with Crippen molar-refractivity contribution in [3.63, 3.8) is 0 Å². The van der Waals surface area contributed by atoms with Crippen molar-refractivity contribution < 1.29 is 0 Å². The summed E-state index contributed by atoms with van der Waals surface area (Å²) in [6, 6.07) is 27.9. The molecule has 0 atom stereocenters. The average Bonchev–Trinajstić information content (AvgIpc) is 2.96. The van der Waals surface area contributed by atoms with E-state index < -0.39 is 0 Å². The van der Waals surface area contributed by atoms with Crippen LogP contribution in [0, 0.1) is 36.5 Å². The van der Waals surface area contributed by atoms with Gasteiger partial charge in [-0.15, -0.1) is 0 Å². The Bertz CT molecular complexity index is 1750. The number of hydrogen-bond donors (Lipinski definition) is 1. The molecule has 0 bridgehead atoms. The fourth-order valence-electron chi connectivity index (χ4n) is 4.72. The van der Waals surface area contributed by atoms with Gasteiger partial charge in [0.25, 0.3) is 0 Å². The number of hydrogen-bond acceptors (Lipinski definition) is 7. The van der Waals surface area contributed by atoms with Gasteiger partial charge in [-0.2, -0.15) is 15.5 Å². The molecule has 0 aliphatic carbocycles. The third-order valence-corrected chi connectivity index (χ3v) is 6.47. The molecule has 2 aromatic heterocycles. The Labute approximate surface area is 227 Å². The highest BCUT2D eigenvalue weighted by Gasteiger charge is 2.18. The second-order valence-electron chi connectivity index (χ2n) is 9.13. The number of allylic oxidation sites excluding steroid dienone is 1. The van der Waals surface area contributed by atoms with Crippen LogP contribution >= 0.6 is 0 Å². The van der Waals surface area contributed by atoms with Gasteiger partial charge in [-0.3, -0.25) is 0 Å². The lowest BCUT2D eigenvalue weighted by molar-refractivity contribution is 1.11. The molecule has 7 nitrogen and oxygen atoms in total. The first-order valence-electron chi connectivity index (χ1n) is 12.4. The zero-order valence-electron chi connectivity index (χ0n) is 21.8. The molecule has 188 valence electrons. The summed E-state index contributed by atoms with van der Waals surface area (Å²) in [6.07, 6.45) is 4.81. The molecule has 2 heterocycles. The molecule has 39 heavy (non-hydrogen) atoms. The zero-order valence-corrected chi connectivity index (χ0v) is 21.8. The largest absolute Gasteiger partial charge is 0.329 e. The van der Waals surface area contributed by atoms with E-state index in [1.807, 2.05) is 60.5 Å². The molecule has 0 saturated carbocycles. The smallest absolute Gasteiger partial charge is 0.230 e. The normalized spacial score (nSPS) is 10.8. The fourth-order valence-corrected chi connectivity index (χ4v) is 4.72. The standard InChI is InChI=1S/C32H25N7/c1-21-17-23(9-8-16-33)18-22(2)29(21)26-12-7-13-27-30(26)37-32(36-28-15-14-24(19-34)20-35-28)38-31(27)39(3)25-10-5-4-6-11-25/h4-15,17-18,20H,1-3H3,(H,35,36,37,38)/b9-8+. The fraction of sp³-hybridized carbons (Fsp3) is 0.0938. The number of nitrogens with zero attached hydrogens (tertiary/aromatic N) is 6. The van der Waals surface area contributed by atoms with Crippen LogP contribution in [0.4, 0.5) is 23.3 Å². The van der Waals surface area contributed by atoms with Crippen molar-refractivity contribution >= 4 is 40.3 Å². The number of fused-ring (bicyclic) bond motifs is 1. The van der Waals surface area contributed by atoms with Gasteiger partial charge in [0.15, 0.2) is 0 Å². The lowest BCUT2D eigenvalue weighted by atomic mass is 9.92. The number of para-hydroxylation sites is 2. The van der Waals surface area contributed by atoms with Gasteiger partial charge in [0.1, 0.15) is 17.7 Å². The third-order valence-electron chi connectivity index (χ3n) is 6.47. The molecule has 3 aromatic carbocycles. The second-order valence-corrected chi connectivity index (χ2v) is 9.13. The van der Waals surface area contributed by atoms with Crippen LogP contribution in [-0.4, -0.2) is 22.0 Å². The van der Waals surface area contributed by atoms with Crippen LogP contribution in [0.25, 0.3) is 28.1 Å². The Morgan fingerprint density at radius 3 is 2.33 bits per heavy atom. The summed E-state index contributed by atoms with van der Waals surface area (Å²) < 4.78 is 0. The van der Waals surface area contributed by atoms with Crippen molar-refractivity contribution in [2.24, 2.45) is 0 Å². The Kier molecular flexibility index (Phi) is 6.98. The quantitative estimate of drug-likeness (QED) is 0.242. The third kappa shape index (κ3) is 5.16. The highest BCUT2D eigenvalue weighted by Crippen LogP contribution is 2.38. The van der Waals surface area contributed by atoms with Crippen molar-refractivity contribution in [1.82, 2.24) is 15.0 Å². The molecular formula is C32H25N7. The second kappa shape index (κ2) is 10.8. The Hall–Kier alpha value is -5.53. The van der Waals surface area contributed by atoms with E-state index in [0.717, 1.165) is 50.2 Å². The van der Waals surface area contributed by atoms with Gasteiger partial charge in [0.2, 0.25) is 5.95 Å². The van der Waals surface area contributed by atoms with E-state index in [1.165, 1.54) is 12.3 Å². The first kappa shape index (κ1) is 25.1. The van der Waals surface area contributed by atoms with E-state index in [0.29, 0.717) is 17.3 Å². The number of aromatic nitrogens is 3. The topological polar surface area (TPSA) is 102 Å². The number of anilines is 4. The average molecular weight is 508 g/mol. The van der Waals surface area contributed by atoms with E-state index in [9.17, 15) is 0 Å². The number of pyridine rings is 1. The van der Waals surface area contributed by atoms with E-state index in [1.54, 1.807) is 12.1 Å². The van der Waals surface area contributed by atoms with Crippen molar-refractivity contribution in [2.45, 2.75) is 13.8 Å². The van der Waals surface area contributed by atoms with E-state index in [2.05, 4.69) is 54.5 Å². The minimum atomic E-state index is 0.397.